The lowest BCUT2D eigenvalue weighted by molar-refractivity contribution is -0.386. The molecule has 0 radical (unpaired) electrons. The molecule has 1 atom stereocenters. The van der Waals surface area contributed by atoms with Gasteiger partial charge in [0.2, 0.25) is 11.7 Å². The molecule has 0 fully saturated rings. The van der Waals surface area contributed by atoms with Gasteiger partial charge >= 0.3 is 5.69 Å². The molecular formula is C12H15F2N3O3. The van der Waals surface area contributed by atoms with Crippen molar-refractivity contribution in [3.63, 3.8) is 0 Å². The summed E-state index contributed by atoms with van der Waals surface area (Å²) in [6, 6.07) is 0.366. The first-order valence-corrected chi connectivity index (χ1v) is 5.92. The van der Waals surface area contributed by atoms with E-state index in [-0.39, 0.29) is 11.6 Å². The maximum Gasteiger partial charge on any atom is 0.327 e. The van der Waals surface area contributed by atoms with Crippen LogP contribution in [-0.4, -0.2) is 35.4 Å². The summed E-state index contributed by atoms with van der Waals surface area (Å²) in [5.74, 6) is -2.59. The molecule has 8 heteroatoms. The van der Waals surface area contributed by atoms with Crippen LogP contribution in [-0.2, 0) is 4.79 Å². The second-order valence-electron chi connectivity index (χ2n) is 4.26. The summed E-state index contributed by atoms with van der Waals surface area (Å²) in [6.07, 6.45) is 0. The topological polar surface area (TPSA) is 75.5 Å². The van der Waals surface area contributed by atoms with Crippen molar-refractivity contribution >= 4 is 17.3 Å². The van der Waals surface area contributed by atoms with Gasteiger partial charge in [0.05, 0.1) is 4.92 Å². The molecule has 0 bridgehead atoms. The van der Waals surface area contributed by atoms with Crippen LogP contribution in [0.1, 0.15) is 13.8 Å². The number of benzene rings is 1. The van der Waals surface area contributed by atoms with E-state index in [0.29, 0.717) is 12.6 Å². The zero-order chi connectivity index (χ0) is 15.4. The molecule has 0 saturated carbocycles. The van der Waals surface area contributed by atoms with Crippen molar-refractivity contribution in [2.75, 3.05) is 18.9 Å². The molecule has 1 amide bonds. The summed E-state index contributed by atoms with van der Waals surface area (Å²) in [7, 11) is 1.56. The summed E-state index contributed by atoms with van der Waals surface area (Å²) in [5, 5.41) is 13.3. The molecular weight excluding hydrogens is 272 g/mol. The van der Waals surface area contributed by atoms with Crippen molar-refractivity contribution in [1.29, 1.82) is 0 Å². The van der Waals surface area contributed by atoms with Crippen LogP contribution < -0.4 is 5.32 Å². The van der Waals surface area contributed by atoms with Crippen LogP contribution in [0.3, 0.4) is 0 Å². The Kier molecular flexibility index (Phi) is 4.95. The molecule has 1 rings (SSSR count). The smallest absolute Gasteiger partial charge is 0.327 e. The van der Waals surface area contributed by atoms with Crippen molar-refractivity contribution < 1.29 is 18.5 Å². The SMILES string of the molecule is CCN(C)C(=O)C(C)Nc1cc(F)cc(F)c1[N+](=O)[O-]. The minimum atomic E-state index is -1.29. The van der Waals surface area contributed by atoms with Crippen molar-refractivity contribution in [3.05, 3.63) is 33.9 Å². The van der Waals surface area contributed by atoms with Gasteiger partial charge in [-0.05, 0) is 13.8 Å². The maximum absolute atomic E-state index is 13.4. The molecule has 0 spiro atoms. The van der Waals surface area contributed by atoms with Crippen LogP contribution in [0.5, 0.6) is 0 Å². The van der Waals surface area contributed by atoms with Crippen LogP contribution >= 0.6 is 0 Å². The molecule has 0 aliphatic rings. The van der Waals surface area contributed by atoms with Crippen molar-refractivity contribution in [2.45, 2.75) is 19.9 Å². The van der Waals surface area contributed by atoms with Gasteiger partial charge in [-0.15, -0.1) is 0 Å². The Morgan fingerprint density at radius 1 is 1.50 bits per heavy atom. The van der Waals surface area contributed by atoms with Crippen molar-refractivity contribution in [1.82, 2.24) is 4.90 Å². The van der Waals surface area contributed by atoms with E-state index >= 15 is 0 Å². The van der Waals surface area contributed by atoms with E-state index in [0.717, 1.165) is 6.07 Å². The number of carbonyl (C=O) groups excluding carboxylic acids is 1. The lowest BCUT2D eigenvalue weighted by Gasteiger charge is -2.21. The highest BCUT2D eigenvalue weighted by molar-refractivity contribution is 5.85. The van der Waals surface area contributed by atoms with Gasteiger partial charge in [0.15, 0.2) is 0 Å². The van der Waals surface area contributed by atoms with Crippen LogP contribution in [0.2, 0.25) is 0 Å². The number of nitro groups is 1. The third-order valence-corrected chi connectivity index (χ3v) is 2.80. The molecule has 0 heterocycles. The fourth-order valence-electron chi connectivity index (χ4n) is 1.64. The summed E-state index contributed by atoms with van der Waals surface area (Å²) >= 11 is 0. The summed E-state index contributed by atoms with van der Waals surface area (Å²) in [4.78, 5) is 23.1. The maximum atomic E-state index is 13.4. The number of likely N-dealkylation sites (N-methyl/N-ethyl adjacent to an activating group) is 1. The Bertz CT molecular complexity index is 537. The second-order valence-corrected chi connectivity index (χ2v) is 4.26. The summed E-state index contributed by atoms with van der Waals surface area (Å²) in [6.45, 7) is 3.67. The van der Waals surface area contributed by atoms with Crippen LogP contribution in [0, 0.1) is 21.7 Å². The fraction of sp³-hybridized carbons (Fsp3) is 0.417. The third-order valence-electron chi connectivity index (χ3n) is 2.80. The van der Waals surface area contributed by atoms with E-state index in [4.69, 9.17) is 0 Å². The number of carbonyl (C=O) groups is 1. The van der Waals surface area contributed by atoms with Gasteiger partial charge in [0.25, 0.3) is 0 Å². The van der Waals surface area contributed by atoms with Gasteiger partial charge in [-0.25, -0.2) is 4.39 Å². The number of anilines is 1. The predicted molar refractivity (Wildman–Crippen MR) is 69.4 cm³/mol. The quantitative estimate of drug-likeness (QED) is 0.665. The Morgan fingerprint density at radius 2 is 2.10 bits per heavy atom. The molecule has 1 aromatic carbocycles. The molecule has 0 saturated heterocycles. The average molecular weight is 287 g/mol. The number of amides is 1. The Labute approximate surface area is 114 Å². The predicted octanol–water partition coefficient (Wildman–Crippen LogP) is 2.15. The Morgan fingerprint density at radius 3 is 2.60 bits per heavy atom. The minimum absolute atomic E-state index is 0.341. The molecule has 0 aliphatic carbocycles. The molecule has 110 valence electrons. The lowest BCUT2D eigenvalue weighted by Crippen LogP contribution is -2.39. The van der Waals surface area contributed by atoms with Gasteiger partial charge in [-0.3, -0.25) is 14.9 Å². The third kappa shape index (κ3) is 3.40. The summed E-state index contributed by atoms with van der Waals surface area (Å²) in [5.41, 5.74) is -1.25. The monoisotopic (exact) mass is 287 g/mol. The second kappa shape index (κ2) is 6.27. The van der Waals surface area contributed by atoms with E-state index in [1.54, 1.807) is 14.0 Å². The summed E-state index contributed by atoms with van der Waals surface area (Å²) < 4.78 is 26.6. The van der Waals surface area contributed by atoms with Crippen molar-refractivity contribution in [3.8, 4) is 0 Å². The number of rotatable bonds is 5. The number of nitro benzene ring substituents is 1. The number of halogens is 2. The highest BCUT2D eigenvalue weighted by Gasteiger charge is 2.25. The first-order chi connectivity index (χ1) is 9.27. The number of nitrogens with zero attached hydrogens (tertiary/aromatic N) is 2. The van der Waals surface area contributed by atoms with E-state index in [1.165, 1.54) is 11.8 Å². The number of nitrogens with one attached hydrogen (secondary N) is 1. The van der Waals surface area contributed by atoms with E-state index in [1.807, 2.05) is 0 Å². The van der Waals surface area contributed by atoms with Gasteiger partial charge in [0.1, 0.15) is 17.5 Å². The Balaban J connectivity index is 3.08. The first-order valence-electron chi connectivity index (χ1n) is 5.92. The zero-order valence-electron chi connectivity index (χ0n) is 11.3. The molecule has 0 aliphatic heterocycles. The average Bonchev–Trinajstić information content (AvgIpc) is 2.35. The highest BCUT2D eigenvalue weighted by atomic mass is 19.1. The van der Waals surface area contributed by atoms with E-state index in [2.05, 4.69) is 5.32 Å². The highest BCUT2D eigenvalue weighted by Crippen LogP contribution is 2.29. The van der Waals surface area contributed by atoms with E-state index in [9.17, 15) is 23.7 Å². The minimum Gasteiger partial charge on any atom is -0.368 e. The number of hydrogen-bond acceptors (Lipinski definition) is 4. The Hall–Kier alpha value is -2.25. The van der Waals surface area contributed by atoms with Crippen molar-refractivity contribution in [2.24, 2.45) is 0 Å². The first kappa shape index (κ1) is 15.8. The largest absolute Gasteiger partial charge is 0.368 e. The van der Waals surface area contributed by atoms with Gasteiger partial charge < -0.3 is 10.2 Å². The molecule has 20 heavy (non-hydrogen) atoms. The molecule has 1 unspecified atom stereocenters. The van der Waals surface area contributed by atoms with Crippen LogP contribution in [0.25, 0.3) is 0 Å². The number of hydrogen-bond donors (Lipinski definition) is 1. The normalized spacial score (nSPS) is 11.8. The standard InChI is InChI=1S/C12H15F2N3O3/c1-4-16(3)12(18)7(2)15-10-6-8(13)5-9(14)11(10)17(19)20/h5-7,15H,4H2,1-3H3. The molecule has 1 N–H and O–H groups in total. The molecule has 1 aromatic rings. The molecule has 6 nitrogen and oxygen atoms in total. The molecule has 0 aromatic heterocycles. The lowest BCUT2D eigenvalue weighted by atomic mass is 10.2. The zero-order valence-corrected chi connectivity index (χ0v) is 11.3. The van der Waals surface area contributed by atoms with E-state index < -0.39 is 28.3 Å². The van der Waals surface area contributed by atoms with Gasteiger partial charge in [-0.2, -0.15) is 4.39 Å². The van der Waals surface area contributed by atoms with Crippen LogP contribution in [0.15, 0.2) is 12.1 Å². The van der Waals surface area contributed by atoms with Gasteiger partial charge in [-0.1, -0.05) is 0 Å². The van der Waals surface area contributed by atoms with Crippen LogP contribution in [0.4, 0.5) is 20.2 Å². The fourth-order valence-corrected chi connectivity index (χ4v) is 1.64. The van der Waals surface area contributed by atoms with Gasteiger partial charge in [0, 0.05) is 25.7 Å².